The van der Waals surface area contributed by atoms with E-state index in [1.807, 2.05) is 24.3 Å². The molecule has 0 unspecified atom stereocenters. The molecule has 4 aromatic rings. The fourth-order valence-corrected chi connectivity index (χ4v) is 4.62. The Balaban J connectivity index is 1.63. The van der Waals surface area contributed by atoms with Crippen LogP contribution in [0.1, 0.15) is 28.4 Å². The third-order valence-corrected chi connectivity index (χ3v) is 6.30. The molecule has 2 heterocycles. The van der Waals surface area contributed by atoms with Crippen molar-refractivity contribution in [3.63, 3.8) is 0 Å². The summed E-state index contributed by atoms with van der Waals surface area (Å²) in [7, 11) is 0. The maximum atomic E-state index is 12.7. The van der Waals surface area contributed by atoms with Crippen molar-refractivity contribution in [2.75, 3.05) is 13.1 Å². The first kappa shape index (κ1) is 20.5. The van der Waals surface area contributed by atoms with Crippen LogP contribution in [-0.4, -0.2) is 44.7 Å². The average Bonchev–Trinajstić information content (AvgIpc) is 3.14. The highest BCUT2D eigenvalue weighted by Crippen LogP contribution is 2.35. The number of β-amino-alcohol motifs (C(OH)–C–C–N with tert-alkyl or cyclic N) is 1. The molecule has 32 heavy (non-hydrogen) atoms. The van der Waals surface area contributed by atoms with Gasteiger partial charge in [0.05, 0.1) is 17.1 Å². The summed E-state index contributed by atoms with van der Waals surface area (Å²) >= 11 is 0. The van der Waals surface area contributed by atoms with E-state index in [1.165, 1.54) is 16.7 Å². The van der Waals surface area contributed by atoms with Gasteiger partial charge in [0.1, 0.15) is 5.82 Å². The van der Waals surface area contributed by atoms with Crippen molar-refractivity contribution >= 4 is 16.9 Å². The summed E-state index contributed by atoms with van der Waals surface area (Å²) in [6.45, 7) is 7.94. The summed E-state index contributed by atoms with van der Waals surface area (Å²) in [6, 6.07) is 20.6. The summed E-state index contributed by atoms with van der Waals surface area (Å²) in [5.74, 6) is 0.850. The van der Waals surface area contributed by atoms with Crippen LogP contribution in [0, 0.1) is 13.8 Å². The number of aromatic nitrogens is 2. The lowest BCUT2D eigenvalue weighted by atomic mass is 9.94. The summed E-state index contributed by atoms with van der Waals surface area (Å²) in [6.07, 6.45) is -0.407. The van der Waals surface area contributed by atoms with Gasteiger partial charge in [-0.15, -0.1) is 0 Å². The number of likely N-dealkylation sites (tertiary alicyclic amines) is 1. The molecule has 0 spiro atoms. The van der Waals surface area contributed by atoms with Gasteiger partial charge in [0.15, 0.2) is 0 Å². The molecular weight excluding hydrogens is 398 g/mol. The van der Waals surface area contributed by atoms with E-state index in [4.69, 9.17) is 4.98 Å². The number of hydrogen-bond acceptors (Lipinski definition) is 3. The van der Waals surface area contributed by atoms with E-state index in [9.17, 15) is 9.90 Å². The molecule has 1 amide bonds. The van der Waals surface area contributed by atoms with Crippen LogP contribution < -0.4 is 0 Å². The zero-order chi connectivity index (χ0) is 22.4. The molecule has 1 fully saturated rings. The summed E-state index contributed by atoms with van der Waals surface area (Å²) in [5.41, 5.74) is 8.35. The Morgan fingerprint density at radius 3 is 2.44 bits per heavy atom. The monoisotopic (exact) mass is 425 g/mol. The summed E-state index contributed by atoms with van der Waals surface area (Å²) < 4.78 is 2.21. The molecule has 1 saturated heterocycles. The Morgan fingerprint density at radius 1 is 1.00 bits per heavy atom. The Morgan fingerprint density at radius 2 is 1.75 bits per heavy atom. The molecule has 5 nitrogen and oxygen atoms in total. The Hall–Kier alpha value is -3.44. The third kappa shape index (κ3) is 3.39. The van der Waals surface area contributed by atoms with Crippen LogP contribution in [0.5, 0.6) is 0 Å². The number of amides is 1. The van der Waals surface area contributed by atoms with Gasteiger partial charge in [-0.1, -0.05) is 48.0 Å². The maximum absolute atomic E-state index is 12.7. The van der Waals surface area contributed by atoms with Crippen LogP contribution >= 0.6 is 0 Å². The summed E-state index contributed by atoms with van der Waals surface area (Å²) in [5, 5.41) is 9.53. The van der Waals surface area contributed by atoms with Crippen molar-refractivity contribution in [2.24, 2.45) is 0 Å². The van der Waals surface area contributed by atoms with Crippen LogP contribution in [0.15, 0.2) is 60.7 Å². The lowest BCUT2D eigenvalue weighted by molar-refractivity contribution is 0.00590. The SMILES string of the molecule is CCn1c(-c2ccccc2-c2ccc(C)cc2C)nc2cc(C(=O)N3CC(O)C3)ccc21. The van der Waals surface area contributed by atoms with Crippen molar-refractivity contribution in [3.05, 3.63) is 77.4 Å². The number of carbonyl (C=O) groups excluding carboxylic acids is 1. The molecule has 0 aliphatic carbocycles. The molecular formula is C27H27N3O2. The highest BCUT2D eigenvalue weighted by atomic mass is 16.3. The molecule has 1 aliphatic rings. The molecule has 0 saturated carbocycles. The minimum Gasteiger partial charge on any atom is -0.389 e. The molecule has 0 radical (unpaired) electrons. The number of rotatable bonds is 4. The smallest absolute Gasteiger partial charge is 0.254 e. The largest absolute Gasteiger partial charge is 0.389 e. The van der Waals surface area contributed by atoms with Gasteiger partial charge in [-0.2, -0.15) is 0 Å². The third-order valence-electron chi connectivity index (χ3n) is 6.30. The Labute approximate surface area is 187 Å². The van der Waals surface area contributed by atoms with Crippen molar-refractivity contribution in [3.8, 4) is 22.5 Å². The lowest BCUT2D eigenvalue weighted by Gasteiger charge is -2.35. The average molecular weight is 426 g/mol. The van der Waals surface area contributed by atoms with E-state index in [-0.39, 0.29) is 5.91 Å². The zero-order valence-electron chi connectivity index (χ0n) is 18.7. The Bertz CT molecular complexity index is 1330. The van der Waals surface area contributed by atoms with Gasteiger partial charge in [-0.3, -0.25) is 4.79 Å². The van der Waals surface area contributed by atoms with E-state index >= 15 is 0 Å². The van der Waals surface area contributed by atoms with Crippen LogP contribution in [-0.2, 0) is 6.54 Å². The van der Waals surface area contributed by atoms with E-state index in [2.05, 4.69) is 61.7 Å². The van der Waals surface area contributed by atoms with Crippen LogP contribution in [0.25, 0.3) is 33.5 Å². The summed E-state index contributed by atoms with van der Waals surface area (Å²) in [4.78, 5) is 19.4. The van der Waals surface area contributed by atoms with E-state index in [0.29, 0.717) is 18.7 Å². The second-order valence-electron chi connectivity index (χ2n) is 8.61. The number of nitrogens with zero attached hydrogens (tertiary/aromatic N) is 3. The number of hydrogen-bond donors (Lipinski definition) is 1. The van der Waals surface area contributed by atoms with E-state index in [1.54, 1.807) is 4.90 Å². The lowest BCUT2D eigenvalue weighted by Crippen LogP contribution is -2.53. The fraction of sp³-hybridized carbons (Fsp3) is 0.259. The number of fused-ring (bicyclic) bond motifs is 1. The standard InChI is InChI=1S/C27H27N3O2/c1-4-30-25-12-10-19(27(32)29-15-20(31)16-29)14-24(25)28-26(30)23-8-6-5-7-22(23)21-11-9-17(2)13-18(21)3/h5-14,20,31H,4,15-16H2,1-3H3. The van der Waals surface area contributed by atoms with Gasteiger partial charge in [-0.25, -0.2) is 4.98 Å². The number of aryl methyl sites for hydroxylation is 3. The second-order valence-corrected chi connectivity index (χ2v) is 8.61. The number of imidazole rings is 1. The minimum atomic E-state index is -0.407. The Kier molecular flexibility index (Phi) is 5.06. The predicted octanol–water partition coefficient (Wildman–Crippen LogP) is 4.82. The van der Waals surface area contributed by atoms with Gasteiger partial charge in [0.2, 0.25) is 0 Å². The highest BCUT2D eigenvalue weighted by molar-refractivity contribution is 5.98. The van der Waals surface area contributed by atoms with Gasteiger partial charge < -0.3 is 14.6 Å². The van der Waals surface area contributed by atoms with Gasteiger partial charge in [0, 0.05) is 30.8 Å². The first-order valence-electron chi connectivity index (χ1n) is 11.1. The molecule has 5 rings (SSSR count). The van der Waals surface area contributed by atoms with Crippen molar-refractivity contribution in [2.45, 2.75) is 33.4 Å². The first-order chi connectivity index (χ1) is 15.5. The number of aliphatic hydroxyl groups is 1. The molecule has 1 N–H and O–H groups in total. The number of benzene rings is 3. The van der Waals surface area contributed by atoms with E-state index in [0.717, 1.165) is 34.5 Å². The molecule has 5 heteroatoms. The normalized spacial score (nSPS) is 14.1. The first-order valence-corrected chi connectivity index (χ1v) is 11.1. The van der Waals surface area contributed by atoms with Gasteiger partial charge >= 0.3 is 0 Å². The zero-order valence-corrected chi connectivity index (χ0v) is 18.7. The second kappa shape index (κ2) is 7.92. The number of carbonyl (C=O) groups is 1. The van der Waals surface area contributed by atoms with Gasteiger partial charge in [0.25, 0.3) is 5.91 Å². The van der Waals surface area contributed by atoms with Crippen LogP contribution in [0.4, 0.5) is 0 Å². The van der Waals surface area contributed by atoms with Crippen LogP contribution in [0.3, 0.4) is 0 Å². The van der Waals surface area contributed by atoms with Crippen molar-refractivity contribution in [1.82, 2.24) is 14.5 Å². The minimum absolute atomic E-state index is 0.0551. The molecule has 0 atom stereocenters. The van der Waals surface area contributed by atoms with E-state index < -0.39 is 6.10 Å². The number of aliphatic hydroxyl groups excluding tert-OH is 1. The molecule has 1 aliphatic heterocycles. The molecule has 0 bridgehead atoms. The molecule has 3 aromatic carbocycles. The quantitative estimate of drug-likeness (QED) is 0.510. The maximum Gasteiger partial charge on any atom is 0.254 e. The topological polar surface area (TPSA) is 58.4 Å². The molecule has 1 aromatic heterocycles. The predicted molar refractivity (Wildman–Crippen MR) is 128 cm³/mol. The van der Waals surface area contributed by atoms with Crippen molar-refractivity contribution < 1.29 is 9.90 Å². The van der Waals surface area contributed by atoms with Gasteiger partial charge in [-0.05, 0) is 55.7 Å². The van der Waals surface area contributed by atoms with Crippen LogP contribution in [0.2, 0.25) is 0 Å². The fourth-order valence-electron chi connectivity index (χ4n) is 4.62. The molecule has 162 valence electrons. The van der Waals surface area contributed by atoms with Crippen molar-refractivity contribution in [1.29, 1.82) is 0 Å². The highest BCUT2D eigenvalue weighted by Gasteiger charge is 2.29.